The highest BCUT2D eigenvalue weighted by atomic mass is 32.1. The molecule has 0 bridgehead atoms. The summed E-state index contributed by atoms with van der Waals surface area (Å²) in [5.74, 6) is 0.696. The summed E-state index contributed by atoms with van der Waals surface area (Å²) >= 11 is 1.83. The topological polar surface area (TPSA) is 29.3 Å². The second-order valence-corrected chi connectivity index (χ2v) is 6.43. The van der Waals surface area contributed by atoms with E-state index in [4.69, 9.17) is 5.73 Å². The van der Waals surface area contributed by atoms with Crippen LogP contribution in [0.1, 0.15) is 24.3 Å². The zero-order valence-corrected chi connectivity index (χ0v) is 12.3. The van der Waals surface area contributed by atoms with Crippen LogP contribution < -0.4 is 5.73 Å². The number of nitrogens with zero attached hydrogens (tertiary/aromatic N) is 1. The highest BCUT2D eigenvalue weighted by Crippen LogP contribution is 2.31. The Morgan fingerprint density at radius 2 is 2.00 bits per heavy atom. The summed E-state index contributed by atoms with van der Waals surface area (Å²) in [7, 11) is 2.19. The number of hydrogen-bond donors (Lipinski definition) is 1. The standard InChI is InChI=1S/C15H22N2S/c1-11(2)9-17(3)10-13-12-6-4-5-7-14(12)18-15(13)8-16/h4-7,11H,8-10,16H2,1-3H3. The maximum atomic E-state index is 5.88. The minimum absolute atomic E-state index is 0.643. The number of benzene rings is 1. The van der Waals surface area contributed by atoms with Crippen LogP contribution in [0.2, 0.25) is 0 Å². The molecule has 0 fully saturated rings. The molecule has 1 heterocycles. The van der Waals surface area contributed by atoms with Gasteiger partial charge in [-0.05, 0) is 30.0 Å². The smallest absolute Gasteiger partial charge is 0.0349 e. The quantitative estimate of drug-likeness (QED) is 0.894. The van der Waals surface area contributed by atoms with E-state index in [0.717, 1.165) is 13.1 Å². The lowest BCUT2D eigenvalue weighted by atomic mass is 10.1. The lowest BCUT2D eigenvalue weighted by Gasteiger charge is -2.19. The summed E-state index contributed by atoms with van der Waals surface area (Å²) in [6, 6.07) is 8.61. The molecule has 0 aliphatic carbocycles. The molecule has 1 aromatic carbocycles. The van der Waals surface area contributed by atoms with E-state index in [0.29, 0.717) is 12.5 Å². The Kier molecular flexibility index (Phi) is 4.38. The predicted octanol–water partition coefficient (Wildman–Crippen LogP) is 3.45. The van der Waals surface area contributed by atoms with Gasteiger partial charge >= 0.3 is 0 Å². The maximum absolute atomic E-state index is 5.88. The van der Waals surface area contributed by atoms with E-state index in [1.54, 1.807) is 0 Å². The van der Waals surface area contributed by atoms with Crippen LogP contribution in [-0.2, 0) is 13.1 Å². The lowest BCUT2D eigenvalue weighted by Crippen LogP contribution is -2.23. The first kappa shape index (κ1) is 13.5. The number of hydrogen-bond acceptors (Lipinski definition) is 3. The summed E-state index contributed by atoms with van der Waals surface area (Å²) in [5.41, 5.74) is 7.30. The molecule has 0 spiro atoms. The van der Waals surface area contributed by atoms with Gasteiger partial charge in [0.15, 0.2) is 0 Å². The minimum atomic E-state index is 0.643. The Labute approximate surface area is 113 Å². The van der Waals surface area contributed by atoms with Crippen LogP contribution in [0.4, 0.5) is 0 Å². The van der Waals surface area contributed by atoms with Gasteiger partial charge in [0, 0.05) is 29.2 Å². The van der Waals surface area contributed by atoms with Crippen LogP contribution in [0.25, 0.3) is 10.1 Å². The second-order valence-electron chi connectivity index (χ2n) is 5.29. The van der Waals surface area contributed by atoms with Gasteiger partial charge in [-0.1, -0.05) is 32.0 Å². The van der Waals surface area contributed by atoms with Crippen molar-refractivity contribution in [2.45, 2.75) is 26.9 Å². The van der Waals surface area contributed by atoms with Gasteiger partial charge in [-0.3, -0.25) is 0 Å². The van der Waals surface area contributed by atoms with Crippen molar-refractivity contribution in [3.8, 4) is 0 Å². The summed E-state index contributed by atoms with van der Waals surface area (Å²) in [4.78, 5) is 3.71. The SMILES string of the molecule is CC(C)CN(C)Cc1c(CN)sc2ccccc12. The average Bonchev–Trinajstić information content (AvgIpc) is 2.66. The summed E-state index contributed by atoms with van der Waals surface area (Å²) in [6.45, 7) is 7.27. The van der Waals surface area contributed by atoms with Crippen molar-refractivity contribution in [2.75, 3.05) is 13.6 Å². The van der Waals surface area contributed by atoms with E-state index in [-0.39, 0.29) is 0 Å². The number of rotatable bonds is 5. The molecule has 0 atom stereocenters. The van der Waals surface area contributed by atoms with Crippen molar-refractivity contribution in [3.05, 3.63) is 34.7 Å². The van der Waals surface area contributed by atoms with Gasteiger partial charge in [0.2, 0.25) is 0 Å². The summed E-state index contributed by atoms with van der Waals surface area (Å²) in [5, 5.41) is 1.37. The lowest BCUT2D eigenvalue weighted by molar-refractivity contribution is 0.289. The van der Waals surface area contributed by atoms with Crippen molar-refractivity contribution in [1.29, 1.82) is 0 Å². The first-order chi connectivity index (χ1) is 8.61. The highest BCUT2D eigenvalue weighted by molar-refractivity contribution is 7.19. The van der Waals surface area contributed by atoms with Crippen LogP contribution in [0.5, 0.6) is 0 Å². The molecule has 0 radical (unpaired) electrons. The molecular formula is C15H22N2S. The van der Waals surface area contributed by atoms with Gasteiger partial charge in [-0.15, -0.1) is 11.3 Å². The summed E-state index contributed by atoms with van der Waals surface area (Å²) in [6.07, 6.45) is 0. The average molecular weight is 262 g/mol. The Hall–Kier alpha value is -0.900. The van der Waals surface area contributed by atoms with Crippen molar-refractivity contribution >= 4 is 21.4 Å². The van der Waals surface area contributed by atoms with Gasteiger partial charge in [-0.25, -0.2) is 0 Å². The first-order valence-electron chi connectivity index (χ1n) is 6.49. The first-order valence-corrected chi connectivity index (χ1v) is 7.31. The molecule has 3 heteroatoms. The van der Waals surface area contributed by atoms with Gasteiger partial charge in [-0.2, -0.15) is 0 Å². The van der Waals surface area contributed by atoms with E-state index < -0.39 is 0 Å². The third-order valence-corrected chi connectivity index (χ3v) is 4.31. The van der Waals surface area contributed by atoms with E-state index in [2.05, 4.69) is 50.1 Å². The maximum Gasteiger partial charge on any atom is 0.0349 e. The van der Waals surface area contributed by atoms with Crippen molar-refractivity contribution in [3.63, 3.8) is 0 Å². The Balaban J connectivity index is 2.30. The third-order valence-electron chi connectivity index (χ3n) is 3.07. The monoisotopic (exact) mass is 262 g/mol. The largest absolute Gasteiger partial charge is 0.326 e. The molecule has 18 heavy (non-hydrogen) atoms. The molecule has 0 aliphatic heterocycles. The van der Waals surface area contributed by atoms with E-state index in [1.165, 1.54) is 20.5 Å². The number of fused-ring (bicyclic) bond motifs is 1. The molecule has 0 amide bonds. The van der Waals surface area contributed by atoms with Gasteiger partial charge in [0.05, 0.1) is 0 Å². The predicted molar refractivity (Wildman–Crippen MR) is 80.9 cm³/mol. The van der Waals surface area contributed by atoms with E-state index >= 15 is 0 Å². The molecule has 0 saturated carbocycles. The van der Waals surface area contributed by atoms with Gasteiger partial charge < -0.3 is 10.6 Å². The fraction of sp³-hybridized carbons (Fsp3) is 0.467. The zero-order chi connectivity index (χ0) is 13.1. The Morgan fingerprint density at radius 1 is 1.28 bits per heavy atom. The summed E-state index contributed by atoms with van der Waals surface area (Å²) < 4.78 is 1.35. The van der Waals surface area contributed by atoms with Crippen molar-refractivity contribution < 1.29 is 0 Å². The number of nitrogens with two attached hydrogens (primary N) is 1. The molecular weight excluding hydrogens is 240 g/mol. The van der Waals surface area contributed by atoms with Crippen molar-refractivity contribution in [1.82, 2.24) is 4.90 Å². The van der Waals surface area contributed by atoms with Crippen molar-refractivity contribution in [2.24, 2.45) is 11.7 Å². The molecule has 2 nitrogen and oxygen atoms in total. The van der Waals surface area contributed by atoms with E-state index in [9.17, 15) is 0 Å². The minimum Gasteiger partial charge on any atom is -0.326 e. The molecule has 1 aromatic heterocycles. The molecule has 2 rings (SSSR count). The second kappa shape index (κ2) is 5.83. The van der Waals surface area contributed by atoms with Crippen LogP contribution in [0.15, 0.2) is 24.3 Å². The van der Waals surface area contributed by atoms with Crippen LogP contribution in [0, 0.1) is 5.92 Å². The third kappa shape index (κ3) is 2.91. The Morgan fingerprint density at radius 3 is 2.67 bits per heavy atom. The molecule has 2 aromatic rings. The van der Waals surface area contributed by atoms with Gasteiger partial charge in [0.25, 0.3) is 0 Å². The fourth-order valence-corrected chi connectivity index (χ4v) is 3.54. The molecule has 0 unspecified atom stereocenters. The van der Waals surface area contributed by atoms with E-state index in [1.807, 2.05) is 11.3 Å². The van der Waals surface area contributed by atoms with Crippen LogP contribution in [0.3, 0.4) is 0 Å². The zero-order valence-electron chi connectivity index (χ0n) is 11.4. The fourth-order valence-electron chi connectivity index (χ4n) is 2.45. The Bertz CT molecular complexity index is 516. The molecule has 2 N–H and O–H groups in total. The van der Waals surface area contributed by atoms with Gasteiger partial charge in [0.1, 0.15) is 0 Å². The van der Waals surface area contributed by atoms with Crippen LogP contribution in [-0.4, -0.2) is 18.5 Å². The number of thiophene rings is 1. The normalized spacial score (nSPS) is 11.9. The highest BCUT2D eigenvalue weighted by Gasteiger charge is 2.13. The molecule has 98 valence electrons. The molecule has 0 saturated heterocycles. The van der Waals surface area contributed by atoms with Crippen LogP contribution >= 0.6 is 11.3 Å². The molecule has 0 aliphatic rings.